The van der Waals surface area contributed by atoms with Crippen LogP contribution >= 0.6 is 27.3 Å². The predicted octanol–water partition coefficient (Wildman–Crippen LogP) is 7.91. The maximum absolute atomic E-state index is 3.79. The average Bonchev–Trinajstić information content (AvgIpc) is 3.23. The molecule has 1 nitrogen and oxygen atoms in total. The van der Waals surface area contributed by atoms with Gasteiger partial charge in [-0.15, -0.1) is 11.3 Å². The predicted molar refractivity (Wildman–Crippen MR) is 121 cm³/mol. The van der Waals surface area contributed by atoms with Crippen LogP contribution in [0.2, 0.25) is 0 Å². The van der Waals surface area contributed by atoms with Crippen LogP contribution in [0.1, 0.15) is 0 Å². The average molecular weight is 428 g/mol. The minimum atomic E-state index is 1.12. The number of thiophene rings is 1. The van der Waals surface area contributed by atoms with Gasteiger partial charge in [0.15, 0.2) is 0 Å². The van der Waals surface area contributed by atoms with Crippen molar-refractivity contribution in [1.29, 1.82) is 0 Å². The molecule has 0 N–H and O–H groups in total. The molecule has 6 rings (SSSR count). The lowest BCUT2D eigenvalue weighted by Crippen LogP contribution is -1.93. The lowest BCUT2D eigenvalue weighted by Gasteiger charge is -2.08. The van der Waals surface area contributed by atoms with Crippen molar-refractivity contribution < 1.29 is 0 Å². The van der Waals surface area contributed by atoms with Crippen molar-refractivity contribution in [2.24, 2.45) is 0 Å². The smallest absolute Gasteiger partial charge is 0.0683 e. The van der Waals surface area contributed by atoms with E-state index in [-0.39, 0.29) is 0 Å². The summed E-state index contributed by atoms with van der Waals surface area (Å²) in [6, 6.07) is 30.5. The van der Waals surface area contributed by atoms with Crippen LogP contribution in [0.5, 0.6) is 0 Å². The van der Waals surface area contributed by atoms with Crippen molar-refractivity contribution in [3.05, 3.63) is 89.4 Å². The molecule has 0 aliphatic rings. The summed E-state index contributed by atoms with van der Waals surface area (Å²) >= 11 is 5.66. The van der Waals surface area contributed by atoms with Gasteiger partial charge in [-0.1, -0.05) is 48.5 Å². The van der Waals surface area contributed by atoms with Crippen LogP contribution < -0.4 is 0 Å². The Kier molecular flexibility index (Phi) is 3.25. The summed E-state index contributed by atoms with van der Waals surface area (Å²) in [5.41, 5.74) is 3.66. The SMILES string of the molecule is Brc1cccc2c3cc4c(cc3n(-c3ccccc3)c12)sc1ccccc14. The molecule has 0 spiro atoms. The van der Waals surface area contributed by atoms with Crippen molar-refractivity contribution in [2.75, 3.05) is 0 Å². The van der Waals surface area contributed by atoms with E-state index in [0.717, 1.165) is 4.47 Å². The number of nitrogens with zero attached hydrogens (tertiary/aromatic N) is 1. The van der Waals surface area contributed by atoms with Gasteiger partial charge in [0.1, 0.15) is 0 Å². The van der Waals surface area contributed by atoms with Crippen LogP contribution in [0.25, 0.3) is 47.7 Å². The first-order valence-corrected chi connectivity index (χ1v) is 10.5. The molecule has 0 saturated carbocycles. The van der Waals surface area contributed by atoms with E-state index in [1.807, 2.05) is 11.3 Å². The standard InChI is InChI=1S/C24H14BrNS/c25-20-11-6-10-17-18-13-19-16-9-4-5-12-22(16)27-23(19)14-21(18)26(24(17)20)15-7-2-1-3-8-15/h1-14H. The third-order valence-corrected chi connectivity index (χ3v) is 7.02. The Morgan fingerprint density at radius 3 is 2.30 bits per heavy atom. The largest absolute Gasteiger partial charge is 0.308 e. The van der Waals surface area contributed by atoms with Crippen LogP contribution in [0.4, 0.5) is 0 Å². The van der Waals surface area contributed by atoms with Crippen molar-refractivity contribution in [3.8, 4) is 5.69 Å². The maximum atomic E-state index is 3.79. The van der Waals surface area contributed by atoms with Gasteiger partial charge in [0, 0.05) is 41.1 Å². The highest BCUT2D eigenvalue weighted by atomic mass is 79.9. The molecule has 0 unspecified atom stereocenters. The zero-order chi connectivity index (χ0) is 18.0. The topological polar surface area (TPSA) is 4.93 Å². The number of fused-ring (bicyclic) bond motifs is 6. The Hall–Kier alpha value is -2.62. The molecule has 0 fully saturated rings. The second kappa shape index (κ2) is 5.69. The minimum absolute atomic E-state index is 1.12. The molecule has 2 aromatic heterocycles. The molecule has 0 bridgehead atoms. The van der Waals surface area contributed by atoms with Gasteiger partial charge in [-0.05, 0) is 52.3 Å². The van der Waals surface area contributed by atoms with Crippen LogP contribution in [0, 0.1) is 0 Å². The first kappa shape index (κ1) is 15.4. The van der Waals surface area contributed by atoms with Gasteiger partial charge in [-0.3, -0.25) is 0 Å². The number of benzene rings is 4. The number of rotatable bonds is 1. The summed E-state index contributed by atoms with van der Waals surface area (Å²) < 4.78 is 6.17. The summed E-state index contributed by atoms with van der Waals surface area (Å²) in [6.45, 7) is 0. The Morgan fingerprint density at radius 1 is 0.630 bits per heavy atom. The summed E-state index contributed by atoms with van der Waals surface area (Å²) in [5, 5.41) is 5.26. The summed E-state index contributed by atoms with van der Waals surface area (Å²) in [7, 11) is 0. The fraction of sp³-hybridized carbons (Fsp3) is 0. The highest BCUT2D eigenvalue weighted by molar-refractivity contribution is 9.10. The fourth-order valence-electron chi connectivity index (χ4n) is 4.09. The van der Waals surface area contributed by atoms with E-state index in [2.05, 4.69) is 105 Å². The Labute approximate surface area is 168 Å². The second-order valence-electron chi connectivity index (χ2n) is 6.77. The third-order valence-electron chi connectivity index (χ3n) is 5.25. The fourth-order valence-corrected chi connectivity index (χ4v) is 5.75. The molecule has 128 valence electrons. The maximum Gasteiger partial charge on any atom is 0.0683 e. The van der Waals surface area contributed by atoms with E-state index in [1.165, 1.54) is 47.7 Å². The van der Waals surface area contributed by atoms with Crippen molar-refractivity contribution >= 4 is 69.2 Å². The number of hydrogen-bond acceptors (Lipinski definition) is 1. The normalized spacial score (nSPS) is 11.9. The van der Waals surface area contributed by atoms with Gasteiger partial charge in [0.2, 0.25) is 0 Å². The highest BCUT2D eigenvalue weighted by Gasteiger charge is 2.16. The minimum Gasteiger partial charge on any atom is -0.308 e. The quantitative estimate of drug-likeness (QED) is 0.251. The van der Waals surface area contributed by atoms with E-state index in [4.69, 9.17) is 0 Å². The summed E-state index contributed by atoms with van der Waals surface area (Å²) in [4.78, 5) is 0. The molecule has 0 atom stereocenters. The van der Waals surface area contributed by atoms with E-state index in [0.29, 0.717) is 0 Å². The third kappa shape index (κ3) is 2.16. The van der Waals surface area contributed by atoms with Gasteiger partial charge >= 0.3 is 0 Å². The van der Waals surface area contributed by atoms with Gasteiger partial charge in [-0.2, -0.15) is 0 Å². The number of hydrogen-bond donors (Lipinski definition) is 0. The summed E-state index contributed by atoms with van der Waals surface area (Å²) in [5.74, 6) is 0. The first-order chi connectivity index (χ1) is 13.3. The van der Waals surface area contributed by atoms with Crippen molar-refractivity contribution in [1.82, 2.24) is 4.57 Å². The molecule has 0 saturated heterocycles. The molecule has 2 heterocycles. The molecule has 0 aliphatic carbocycles. The molecular weight excluding hydrogens is 414 g/mol. The van der Waals surface area contributed by atoms with Crippen molar-refractivity contribution in [3.63, 3.8) is 0 Å². The Balaban J connectivity index is 1.87. The van der Waals surface area contributed by atoms with E-state index in [9.17, 15) is 0 Å². The second-order valence-corrected chi connectivity index (χ2v) is 8.71. The van der Waals surface area contributed by atoms with Crippen LogP contribution in [-0.4, -0.2) is 4.57 Å². The van der Waals surface area contributed by atoms with E-state index >= 15 is 0 Å². The van der Waals surface area contributed by atoms with Gasteiger partial charge in [0.25, 0.3) is 0 Å². The zero-order valence-corrected chi connectivity index (χ0v) is 16.7. The van der Waals surface area contributed by atoms with Gasteiger partial charge < -0.3 is 4.57 Å². The van der Waals surface area contributed by atoms with Gasteiger partial charge in [0.05, 0.1) is 11.0 Å². The van der Waals surface area contributed by atoms with Crippen LogP contribution in [0.15, 0.2) is 89.4 Å². The first-order valence-electron chi connectivity index (χ1n) is 8.90. The Morgan fingerprint density at radius 2 is 1.41 bits per heavy atom. The molecule has 27 heavy (non-hydrogen) atoms. The van der Waals surface area contributed by atoms with Gasteiger partial charge in [-0.25, -0.2) is 0 Å². The molecule has 0 radical (unpaired) electrons. The van der Waals surface area contributed by atoms with E-state index in [1.54, 1.807) is 0 Å². The summed E-state index contributed by atoms with van der Waals surface area (Å²) in [6.07, 6.45) is 0. The lowest BCUT2D eigenvalue weighted by atomic mass is 10.1. The molecule has 0 aliphatic heterocycles. The van der Waals surface area contributed by atoms with E-state index < -0.39 is 0 Å². The number of aromatic nitrogens is 1. The zero-order valence-electron chi connectivity index (χ0n) is 14.3. The van der Waals surface area contributed by atoms with Crippen molar-refractivity contribution in [2.45, 2.75) is 0 Å². The molecule has 0 amide bonds. The monoisotopic (exact) mass is 427 g/mol. The Bertz CT molecular complexity index is 1470. The molecule has 6 aromatic rings. The highest BCUT2D eigenvalue weighted by Crippen LogP contribution is 2.41. The van der Waals surface area contributed by atoms with Crippen LogP contribution in [0.3, 0.4) is 0 Å². The lowest BCUT2D eigenvalue weighted by molar-refractivity contribution is 1.18. The number of para-hydroxylation sites is 2. The molecular formula is C24H14BrNS. The number of halogens is 1. The molecule has 4 aromatic carbocycles. The van der Waals surface area contributed by atoms with Crippen LogP contribution in [-0.2, 0) is 0 Å². The molecule has 3 heteroatoms.